The minimum absolute atomic E-state index is 0.273. The summed E-state index contributed by atoms with van der Waals surface area (Å²) in [6.45, 7) is 4.25. The molecule has 28 heavy (non-hydrogen) atoms. The molecule has 144 valence electrons. The number of H-pyrrole nitrogens is 1. The Morgan fingerprint density at radius 3 is 2.82 bits per heavy atom. The van der Waals surface area contributed by atoms with Gasteiger partial charge in [0.05, 0.1) is 11.1 Å². The van der Waals surface area contributed by atoms with E-state index in [-0.39, 0.29) is 17.3 Å². The number of carbonyl (C=O) groups is 2. The van der Waals surface area contributed by atoms with Gasteiger partial charge < -0.3 is 16.0 Å². The molecule has 0 unspecified atom stereocenters. The third-order valence-corrected chi connectivity index (χ3v) is 4.58. The molecule has 6 nitrogen and oxygen atoms in total. The molecule has 0 saturated carbocycles. The van der Waals surface area contributed by atoms with Gasteiger partial charge in [-0.2, -0.15) is 0 Å². The largest absolute Gasteiger partial charge is 0.366 e. The van der Waals surface area contributed by atoms with Crippen LogP contribution in [0.5, 0.6) is 0 Å². The Bertz CT molecular complexity index is 1090. The number of nitrogens with two attached hydrogens (primary N) is 1. The first kappa shape index (κ1) is 19.3. The van der Waals surface area contributed by atoms with Gasteiger partial charge in [0, 0.05) is 36.1 Å². The molecule has 0 saturated heterocycles. The van der Waals surface area contributed by atoms with Gasteiger partial charge >= 0.3 is 0 Å². The van der Waals surface area contributed by atoms with Gasteiger partial charge in [0.15, 0.2) is 0 Å². The van der Waals surface area contributed by atoms with Crippen LogP contribution in [-0.4, -0.2) is 28.3 Å². The van der Waals surface area contributed by atoms with Crippen molar-refractivity contribution >= 4 is 28.8 Å². The average molecular weight is 380 g/mol. The molecule has 4 N–H and O–H groups in total. The van der Waals surface area contributed by atoms with E-state index >= 15 is 0 Å². The monoisotopic (exact) mass is 380 g/mol. The summed E-state index contributed by atoms with van der Waals surface area (Å²) in [5.41, 5.74) is 9.47. The molecule has 0 spiro atoms. The number of amides is 2. The molecule has 0 radical (unpaired) electrons. The number of aromatic nitrogens is 2. The maximum Gasteiger partial charge on any atom is 0.250 e. The highest BCUT2D eigenvalue weighted by molar-refractivity contribution is 5.94. The van der Waals surface area contributed by atoms with Gasteiger partial charge in [-0.3, -0.25) is 14.6 Å². The van der Waals surface area contributed by atoms with Crippen molar-refractivity contribution in [1.29, 1.82) is 0 Å². The standard InChI is InChI=1S/C21H21FN4O2/c1-12-3-5-17(22)20-19(12)16(13(2)26-20)7-8-25-18(27)6-4-14-9-15(21(23)28)11-24-10-14/h3-6,9-11,26H,7-8H2,1-2H3,(H2,23,28)(H,25,27). The number of aromatic amines is 1. The molecule has 0 atom stereocenters. The minimum atomic E-state index is -0.576. The molecule has 3 rings (SSSR count). The second-order valence-corrected chi connectivity index (χ2v) is 6.59. The molecule has 2 heterocycles. The summed E-state index contributed by atoms with van der Waals surface area (Å²) in [4.78, 5) is 30.2. The highest BCUT2D eigenvalue weighted by Gasteiger charge is 2.13. The number of hydrogen-bond donors (Lipinski definition) is 3. The van der Waals surface area contributed by atoms with E-state index in [9.17, 15) is 14.0 Å². The summed E-state index contributed by atoms with van der Waals surface area (Å²) in [5, 5.41) is 3.68. The van der Waals surface area contributed by atoms with Crippen LogP contribution in [0.2, 0.25) is 0 Å². The van der Waals surface area contributed by atoms with Crippen molar-refractivity contribution in [2.45, 2.75) is 20.3 Å². The van der Waals surface area contributed by atoms with Crippen LogP contribution in [0.15, 0.2) is 36.7 Å². The third-order valence-electron chi connectivity index (χ3n) is 4.58. The van der Waals surface area contributed by atoms with Gasteiger partial charge in [0.2, 0.25) is 11.8 Å². The van der Waals surface area contributed by atoms with Gasteiger partial charge in [0.1, 0.15) is 5.82 Å². The number of pyridine rings is 1. The Morgan fingerprint density at radius 1 is 1.29 bits per heavy atom. The lowest BCUT2D eigenvalue weighted by Crippen LogP contribution is -2.23. The summed E-state index contributed by atoms with van der Waals surface area (Å²) >= 11 is 0. The number of aryl methyl sites for hydroxylation is 2. The second-order valence-electron chi connectivity index (χ2n) is 6.59. The third kappa shape index (κ3) is 4.09. The summed E-state index contributed by atoms with van der Waals surface area (Å²) in [6, 6.07) is 4.77. The van der Waals surface area contributed by atoms with Crippen LogP contribution < -0.4 is 11.1 Å². The van der Waals surface area contributed by atoms with Gasteiger partial charge in [-0.1, -0.05) is 6.07 Å². The van der Waals surface area contributed by atoms with Crippen molar-refractivity contribution in [3.63, 3.8) is 0 Å². The van der Waals surface area contributed by atoms with Crippen LogP contribution in [0.1, 0.15) is 32.7 Å². The van der Waals surface area contributed by atoms with E-state index in [4.69, 9.17) is 5.73 Å². The van der Waals surface area contributed by atoms with Crippen molar-refractivity contribution in [2.75, 3.05) is 6.54 Å². The molecule has 7 heteroatoms. The smallest absolute Gasteiger partial charge is 0.250 e. The fraction of sp³-hybridized carbons (Fsp3) is 0.190. The summed E-state index contributed by atoms with van der Waals surface area (Å²) in [5.74, 6) is -1.13. The van der Waals surface area contributed by atoms with Crippen molar-refractivity contribution in [3.05, 3.63) is 70.4 Å². The molecule has 0 fully saturated rings. The Hall–Kier alpha value is -3.48. The first-order valence-corrected chi connectivity index (χ1v) is 8.84. The molecule has 1 aromatic carbocycles. The predicted molar refractivity (Wildman–Crippen MR) is 106 cm³/mol. The molecular formula is C21H21FN4O2. The zero-order chi connectivity index (χ0) is 20.3. The van der Waals surface area contributed by atoms with Gasteiger partial charge in [-0.15, -0.1) is 0 Å². The number of nitrogens with one attached hydrogen (secondary N) is 2. The van der Waals surface area contributed by atoms with Crippen molar-refractivity contribution < 1.29 is 14.0 Å². The summed E-state index contributed by atoms with van der Waals surface area (Å²) < 4.78 is 14.0. The molecule has 3 aromatic rings. The Morgan fingerprint density at radius 2 is 2.07 bits per heavy atom. The van der Waals surface area contributed by atoms with Gasteiger partial charge in [0.25, 0.3) is 0 Å². The van der Waals surface area contributed by atoms with Crippen LogP contribution in [0, 0.1) is 19.7 Å². The lowest BCUT2D eigenvalue weighted by molar-refractivity contribution is -0.116. The predicted octanol–water partition coefficient (Wildman–Crippen LogP) is 2.79. The van der Waals surface area contributed by atoms with E-state index in [1.807, 2.05) is 13.8 Å². The van der Waals surface area contributed by atoms with Crippen LogP contribution in [0.25, 0.3) is 17.0 Å². The summed E-state index contributed by atoms with van der Waals surface area (Å²) in [6.07, 6.45) is 6.41. The Balaban J connectivity index is 1.64. The van der Waals surface area contributed by atoms with Crippen LogP contribution in [-0.2, 0) is 11.2 Å². The number of hydrogen-bond acceptors (Lipinski definition) is 3. The maximum absolute atomic E-state index is 14.0. The number of primary amides is 1. The van der Waals surface area contributed by atoms with Gasteiger partial charge in [-0.25, -0.2) is 4.39 Å². The van der Waals surface area contributed by atoms with E-state index < -0.39 is 5.91 Å². The lowest BCUT2D eigenvalue weighted by atomic mass is 10.0. The van der Waals surface area contributed by atoms with Crippen LogP contribution >= 0.6 is 0 Å². The topological polar surface area (TPSA) is 101 Å². The van der Waals surface area contributed by atoms with E-state index in [0.29, 0.717) is 24.0 Å². The fourth-order valence-corrected chi connectivity index (χ4v) is 3.18. The zero-order valence-corrected chi connectivity index (χ0v) is 15.7. The average Bonchev–Trinajstić information content (AvgIpc) is 3.01. The number of halogens is 1. The molecule has 2 aromatic heterocycles. The molecule has 0 bridgehead atoms. The van der Waals surface area contributed by atoms with E-state index in [2.05, 4.69) is 15.3 Å². The molecule has 2 amide bonds. The molecule has 0 aliphatic heterocycles. The quantitative estimate of drug-likeness (QED) is 0.573. The first-order valence-electron chi connectivity index (χ1n) is 8.84. The van der Waals surface area contributed by atoms with Crippen LogP contribution in [0.3, 0.4) is 0 Å². The molecular weight excluding hydrogens is 359 g/mol. The maximum atomic E-state index is 14.0. The van der Waals surface area contributed by atoms with E-state index in [1.165, 1.54) is 24.5 Å². The minimum Gasteiger partial charge on any atom is -0.366 e. The normalized spacial score (nSPS) is 11.2. The van der Waals surface area contributed by atoms with Crippen molar-refractivity contribution in [3.8, 4) is 0 Å². The van der Waals surface area contributed by atoms with E-state index in [0.717, 1.165) is 22.2 Å². The Kier molecular flexibility index (Phi) is 5.54. The second kappa shape index (κ2) is 8.04. The SMILES string of the molecule is Cc1[nH]c2c(F)ccc(C)c2c1CCNC(=O)C=Cc1cncc(C(N)=O)c1. The highest BCUT2D eigenvalue weighted by Crippen LogP contribution is 2.27. The van der Waals surface area contributed by atoms with E-state index in [1.54, 1.807) is 18.2 Å². The number of benzene rings is 1. The first-order chi connectivity index (χ1) is 13.4. The highest BCUT2D eigenvalue weighted by atomic mass is 19.1. The number of rotatable bonds is 6. The number of carbonyl (C=O) groups excluding carboxylic acids is 2. The zero-order valence-electron chi connectivity index (χ0n) is 15.7. The Labute approximate surface area is 161 Å². The number of nitrogens with zero attached hydrogens (tertiary/aromatic N) is 1. The molecule has 0 aliphatic carbocycles. The molecule has 0 aliphatic rings. The van der Waals surface area contributed by atoms with Crippen LogP contribution in [0.4, 0.5) is 4.39 Å². The van der Waals surface area contributed by atoms with Gasteiger partial charge in [-0.05, 0) is 55.2 Å². The number of fused-ring (bicyclic) bond motifs is 1. The van der Waals surface area contributed by atoms with Crippen molar-refractivity contribution in [2.24, 2.45) is 5.73 Å². The lowest BCUT2D eigenvalue weighted by Gasteiger charge is -2.05. The summed E-state index contributed by atoms with van der Waals surface area (Å²) in [7, 11) is 0. The van der Waals surface area contributed by atoms with Crippen molar-refractivity contribution in [1.82, 2.24) is 15.3 Å². The fourth-order valence-electron chi connectivity index (χ4n) is 3.18.